The number of fused-ring (bicyclic) bond motifs is 1. The van der Waals surface area contributed by atoms with Crippen LogP contribution in [0.5, 0.6) is 0 Å². The predicted octanol–water partition coefficient (Wildman–Crippen LogP) is 2.65. The SMILES string of the molecule is O=Nc1ccc2c(c1)CC=C2. The molecule has 0 unspecified atom stereocenters. The Morgan fingerprint density at radius 2 is 2.27 bits per heavy atom. The van der Waals surface area contributed by atoms with Crippen LogP contribution in [0.2, 0.25) is 0 Å². The van der Waals surface area contributed by atoms with Gasteiger partial charge < -0.3 is 0 Å². The Hall–Kier alpha value is -1.44. The number of hydrogen-bond acceptors (Lipinski definition) is 2. The molecule has 0 N–H and O–H groups in total. The first-order chi connectivity index (χ1) is 5.40. The van der Waals surface area contributed by atoms with Crippen molar-refractivity contribution in [2.45, 2.75) is 6.42 Å². The molecule has 0 radical (unpaired) electrons. The molecule has 0 saturated carbocycles. The molecule has 0 atom stereocenters. The molecule has 0 fully saturated rings. The van der Waals surface area contributed by atoms with Gasteiger partial charge in [-0.2, -0.15) is 0 Å². The summed E-state index contributed by atoms with van der Waals surface area (Å²) in [5.41, 5.74) is 2.92. The zero-order valence-corrected chi connectivity index (χ0v) is 5.95. The van der Waals surface area contributed by atoms with E-state index in [0.717, 1.165) is 6.42 Å². The van der Waals surface area contributed by atoms with E-state index in [4.69, 9.17) is 0 Å². The van der Waals surface area contributed by atoms with E-state index >= 15 is 0 Å². The van der Waals surface area contributed by atoms with E-state index in [-0.39, 0.29) is 0 Å². The monoisotopic (exact) mass is 145 g/mol. The summed E-state index contributed by atoms with van der Waals surface area (Å²) in [6, 6.07) is 5.50. The number of hydrogen-bond donors (Lipinski definition) is 0. The fourth-order valence-electron chi connectivity index (χ4n) is 1.30. The average molecular weight is 145 g/mol. The highest BCUT2D eigenvalue weighted by atomic mass is 16.3. The fourth-order valence-corrected chi connectivity index (χ4v) is 1.30. The maximum absolute atomic E-state index is 10.1. The van der Waals surface area contributed by atoms with Gasteiger partial charge in [-0.05, 0) is 34.9 Å². The lowest BCUT2D eigenvalue weighted by Crippen LogP contribution is -1.78. The van der Waals surface area contributed by atoms with E-state index in [1.165, 1.54) is 11.1 Å². The Morgan fingerprint density at radius 3 is 3.09 bits per heavy atom. The standard InChI is InChI=1S/C9H7NO/c11-10-9-5-4-7-2-1-3-8(7)6-9/h1-2,4-6H,3H2. The second-order valence-corrected chi connectivity index (χ2v) is 2.58. The van der Waals surface area contributed by atoms with Gasteiger partial charge in [-0.1, -0.05) is 18.2 Å². The molecule has 0 amide bonds. The number of nitroso groups, excluding NO2 is 1. The van der Waals surface area contributed by atoms with Crippen LogP contribution in [0.25, 0.3) is 6.08 Å². The third kappa shape index (κ3) is 0.963. The molecule has 1 aliphatic rings. The summed E-state index contributed by atoms with van der Waals surface area (Å²) in [6.45, 7) is 0. The Kier molecular flexibility index (Phi) is 1.32. The Morgan fingerprint density at radius 1 is 1.36 bits per heavy atom. The van der Waals surface area contributed by atoms with Crippen molar-refractivity contribution in [2.75, 3.05) is 0 Å². The Balaban J connectivity index is 2.53. The van der Waals surface area contributed by atoms with Crippen LogP contribution in [0.15, 0.2) is 29.5 Å². The van der Waals surface area contributed by atoms with E-state index in [1.807, 2.05) is 12.1 Å². The van der Waals surface area contributed by atoms with Crippen LogP contribution < -0.4 is 0 Å². The van der Waals surface area contributed by atoms with Crippen molar-refractivity contribution in [3.63, 3.8) is 0 Å². The summed E-state index contributed by atoms with van der Waals surface area (Å²) in [4.78, 5) is 10.1. The van der Waals surface area contributed by atoms with Gasteiger partial charge in [0, 0.05) is 0 Å². The van der Waals surface area contributed by atoms with Crippen LogP contribution in [-0.2, 0) is 6.42 Å². The molecule has 1 aliphatic carbocycles. The molecule has 2 nitrogen and oxygen atoms in total. The van der Waals surface area contributed by atoms with Crippen molar-refractivity contribution in [1.29, 1.82) is 0 Å². The summed E-state index contributed by atoms with van der Waals surface area (Å²) in [6.07, 6.45) is 5.07. The lowest BCUT2D eigenvalue weighted by Gasteiger charge is -1.96. The summed E-state index contributed by atoms with van der Waals surface area (Å²) >= 11 is 0. The molecule has 1 aromatic rings. The molecule has 0 saturated heterocycles. The van der Waals surface area contributed by atoms with Crippen LogP contribution in [-0.4, -0.2) is 0 Å². The van der Waals surface area contributed by atoms with Gasteiger partial charge in [-0.25, -0.2) is 0 Å². The number of allylic oxidation sites excluding steroid dienone is 1. The van der Waals surface area contributed by atoms with Gasteiger partial charge in [0.1, 0.15) is 5.69 Å². The normalized spacial score (nSPS) is 13.1. The highest BCUT2D eigenvalue weighted by molar-refractivity contribution is 5.63. The molecule has 0 spiro atoms. The highest BCUT2D eigenvalue weighted by Crippen LogP contribution is 2.23. The molecule has 0 bridgehead atoms. The lowest BCUT2D eigenvalue weighted by molar-refractivity contribution is 1.30. The zero-order valence-electron chi connectivity index (χ0n) is 5.95. The minimum absolute atomic E-state index is 0.521. The van der Waals surface area contributed by atoms with Crippen LogP contribution in [0.4, 0.5) is 5.69 Å². The van der Waals surface area contributed by atoms with Gasteiger partial charge in [0.25, 0.3) is 0 Å². The molecule has 54 valence electrons. The van der Waals surface area contributed by atoms with Crippen molar-refractivity contribution < 1.29 is 0 Å². The molecule has 0 heterocycles. The van der Waals surface area contributed by atoms with Crippen molar-refractivity contribution >= 4 is 11.8 Å². The Labute approximate surface area is 64.5 Å². The molecule has 1 aromatic carbocycles. The first-order valence-corrected chi connectivity index (χ1v) is 3.53. The molecular weight excluding hydrogens is 138 g/mol. The van der Waals surface area contributed by atoms with Crippen LogP contribution >= 0.6 is 0 Å². The van der Waals surface area contributed by atoms with Gasteiger partial charge in [0.15, 0.2) is 0 Å². The van der Waals surface area contributed by atoms with Crippen molar-refractivity contribution in [3.05, 3.63) is 40.3 Å². The lowest BCUT2D eigenvalue weighted by atomic mass is 10.1. The summed E-state index contributed by atoms with van der Waals surface area (Å²) in [7, 11) is 0. The maximum Gasteiger partial charge on any atom is 0.108 e. The van der Waals surface area contributed by atoms with Crippen molar-refractivity contribution in [3.8, 4) is 0 Å². The molecular formula is C9H7NO. The second-order valence-electron chi connectivity index (χ2n) is 2.58. The zero-order chi connectivity index (χ0) is 7.68. The third-order valence-corrected chi connectivity index (χ3v) is 1.87. The number of benzene rings is 1. The average Bonchev–Trinajstić information content (AvgIpc) is 2.50. The summed E-state index contributed by atoms with van der Waals surface area (Å²) in [5, 5.41) is 2.87. The van der Waals surface area contributed by atoms with Gasteiger partial charge >= 0.3 is 0 Å². The third-order valence-electron chi connectivity index (χ3n) is 1.87. The Bertz CT molecular complexity index is 328. The quantitative estimate of drug-likeness (QED) is 0.558. The molecule has 2 heteroatoms. The van der Waals surface area contributed by atoms with E-state index in [2.05, 4.69) is 17.3 Å². The predicted molar refractivity (Wildman–Crippen MR) is 44.6 cm³/mol. The molecule has 2 rings (SSSR count). The number of rotatable bonds is 1. The second kappa shape index (κ2) is 2.31. The minimum atomic E-state index is 0.521. The molecule has 0 aromatic heterocycles. The van der Waals surface area contributed by atoms with Gasteiger partial charge in [0.2, 0.25) is 0 Å². The van der Waals surface area contributed by atoms with Crippen LogP contribution in [0.3, 0.4) is 0 Å². The summed E-state index contributed by atoms with van der Waals surface area (Å²) in [5.74, 6) is 0. The maximum atomic E-state index is 10.1. The van der Waals surface area contributed by atoms with E-state index in [1.54, 1.807) is 6.07 Å². The van der Waals surface area contributed by atoms with Crippen molar-refractivity contribution in [2.24, 2.45) is 5.18 Å². The smallest absolute Gasteiger partial charge is 0.108 e. The summed E-state index contributed by atoms with van der Waals surface area (Å²) < 4.78 is 0. The van der Waals surface area contributed by atoms with E-state index < -0.39 is 0 Å². The van der Waals surface area contributed by atoms with E-state index in [0.29, 0.717) is 5.69 Å². The highest BCUT2D eigenvalue weighted by Gasteiger charge is 2.04. The van der Waals surface area contributed by atoms with E-state index in [9.17, 15) is 4.91 Å². The van der Waals surface area contributed by atoms with Gasteiger partial charge in [-0.3, -0.25) is 0 Å². The van der Waals surface area contributed by atoms with Crippen LogP contribution in [0, 0.1) is 4.91 Å². The topological polar surface area (TPSA) is 29.4 Å². The van der Waals surface area contributed by atoms with Crippen molar-refractivity contribution in [1.82, 2.24) is 0 Å². The van der Waals surface area contributed by atoms with Gasteiger partial charge in [-0.15, -0.1) is 4.91 Å². The first kappa shape index (κ1) is 6.28. The van der Waals surface area contributed by atoms with Gasteiger partial charge in [0.05, 0.1) is 0 Å². The minimum Gasteiger partial charge on any atom is -0.145 e. The first-order valence-electron chi connectivity index (χ1n) is 3.53. The van der Waals surface area contributed by atoms with Crippen LogP contribution in [0.1, 0.15) is 11.1 Å². The molecule has 11 heavy (non-hydrogen) atoms. The molecule has 0 aliphatic heterocycles. The largest absolute Gasteiger partial charge is 0.145 e. The number of nitrogens with zero attached hydrogens (tertiary/aromatic N) is 1. The fraction of sp³-hybridized carbons (Fsp3) is 0.111.